The summed E-state index contributed by atoms with van der Waals surface area (Å²) in [4.78, 5) is 11.5. The summed E-state index contributed by atoms with van der Waals surface area (Å²) in [6, 6.07) is 10.8. The molecule has 1 saturated heterocycles. The minimum Gasteiger partial charge on any atom is -0.466 e. The normalized spacial score (nSPS) is 23.6. The monoisotopic (exact) mass is 247 g/mol. The third-order valence-corrected chi connectivity index (χ3v) is 3.47. The molecule has 1 aliphatic heterocycles. The van der Waals surface area contributed by atoms with E-state index >= 15 is 0 Å². The van der Waals surface area contributed by atoms with E-state index in [1.54, 1.807) is 0 Å². The van der Waals surface area contributed by atoms with Gasteiger partial charge in [0, 0.05) is 12.5 Å². The van der Waals surface area contributed by atoms with Crippen molar-refractivity contribution in [1.29, 1.82) is 0 Å². The van der Waals surface area contributed by atoms with Gasteiger partial charge in [0.2, 0.25) is 0 Å². The molecule has 1 fully saturated rings. The minimum atomic E-state index is -0.0591. The van der Waals surface area contributed by atoms with Crippen LogP contribution in [0.5, 0.6) is 0 Å². The number of esters is 1. The van der Waals surface area contributed by atoms with Crippen LogP contribution in [0.25, 0.3) is 0 Å². The molecule has 1 N–H and O–H groups in total. The zero-order chi connectivity index (χ0) is 12.8. The molecular formula is C15H21NO2. The standard InChI is InChI=1S/C15H21NO2/c1-2-18-15(17)11-12-8-9-16-14(10-12)13-6-4-3-5-7-13/h3-7,12,14,16H,2,8-11H2,1H3. The van der Waals surface area contributed by atoms with Gasteiger partial charge in [0.15, 0.2) is 0 Å². The first-order valence-electron chi connectivity index (χ1n) is 6.73. The van der Waals surface area contributed by atoms with Gasteiger partial charge in [-0.1, -0.05) is 30.3 Å². The molecule has 0 aromatic heterocycles. The van der Waals surface area contributed by atoms with Crippen LogP contribution in [-0.4, -0.2) is 19.1 Å². The van der Waals surface area contributed by atoms with E-state index in [1.807, 2.05) is 13.0 Å². The Kier molecular flexibility index (Phi) is 4.76. The molecule has 2 rings (SSSR count). The predicted octanol–water partition coefficient (Wildman–Crippen LogP) is 2.68. The molecule has 0 saturated carbocycles. The number of hydrogen-bond donors (Lipinski definition) is 1. The number of hydrogen-bond acceptors (Lipinski definition) is 3. The van der Waals surface area contributed by atoms with Gasteiger partial charge >= 0.3 is 5.97 Å². The highest BCUT2D eigenvalue weighted by Gasteiger charge is 2.24. The van der Waals surface area contributed by atoms with Crippen molar-refractivity contribution in [2.75, 3.05) is 13.2 Å². The summed E-state index contributed by atoms with van der Waals surface area (Å²) >= 11 is 0. The number of benzene rings is 1. The van der Waals surface area contributed by atoms with E-state index in [0.29, 0.717) is 25.0 Å². The Morgan fingerprint density at radius 2 is 2.17 bits per heavy atom. The van der Waals surface area contributed by atoms with Crippen molar-refractivity contribution in [2.45, 2.75) is 32.2 Å². The van der Waals surface area contributed by atoms with Crippen molar-refractivity contribution in [1.82, 2.24) is 5.32 Å². The van der Waals surface area contributed by atoms with Crippen LogP contribution in [0.15, 0.2) is 30.3 Å². The minimum absolute atomic E-state index is 0.0591. The Bertz CT molecular complexity index is 377. The molecule has 3 nitrogen and oxygen atoms in total. The van der Waals surface area contributed by atoms with Crippen molar-refractivity contribution in [2.24, 2.45) is 5.92 Å². The van der Waals surface area contributed by atoms with Crippen LogP contribution in [0.4, 0.5) is 0 Å². The van der Waals surface area contributed by atoms with Gasteiger partial charge in [-0.25, -0.2) is 0 Å². The fourth-order valence-electron chi connectivity index (χ4n) is 2.58. The number of piperidine rings is 1. The summed E-state index contributed by atoms with van der Waals surface area (Å²) in [6.07, 6.45) is 2.63. The number of carbonyl (C=O) groups excluding carboxylic acids is 1. The first kappa shape index (κ1) is 13.1. The second-order valence-corrected chi connectivity index (χ2v) is 4.82. The Morgan fingerprint density at radius 1 is 1.39 bits per heavy atom. The van der Waals surface area contributed by atoms with Gasteiger partial charge in [0.1, 0.15) is 0 Å². The SMILES string of the molecule is CCOC(=O)CC1CCNC(c2ccccc2)C1. The molecular weight excluding hydrogens is 226 g/mol. The van der Waals surface area contributed by atoms with E-state index in [-0.39, 0.29) is 5.97 Å². The molecule has 1 aliphatic rings. The molecule has 3 heteroatoms. The molecule has 98 valence electrons. The van der Waals surface area contributed by atoms with Gasteiger partial charge in [0.05, 0.1) is 6.61 Å². The molecule has 1 aromatic rings. The number of ether oxygens (including phenoxy) is 1. The fourth-order valence-corrected chi connectivity index (χ4v) is 2.58. The van der Waals surface area contributed by atoms with Crippen LogP contribution in [0, 0.1) is 5.92 Å². The highest BCUT2D eigenvalue weighted by molar-refractivity contribution is 5.69. The van der Waals surface area contributed by atoms with E-state index in [9.17, 15) is 4.79 Å². The van der Waals surface area contributed by atoms with Gasteiger partial charge in [-0.15, -0.1) is 0 Å². The average molecular weight is 247 g/mol. The Balaban J connectivity index is 1.91. The van der Waals surface area contributed by atoms with Crippen LogP contribution in [0.1, 0.15) is 37.8 Å². The molecule has 0 spiro atoms. The van der Waals surface area contributed by atoms with Crippen LogP contribution in [0.2, 0.25) is 0 Å². The summed E-state index contributed by atoms with van der Waals surface area (Å²) in [5, 5.41) is 3.52. The maximum atomic E-state index is 11.5. The Morgan fingerprint density at radius 3 is 2.89 bits per heavy atom. The average Bonchev–Trinajstić information content (AvgIpc) is 2.40. The Labute approximate surface area is 109 Å². The van der Waals surface area contributed by atoms with Crippen LogP contribution < -0.4 is 5.32 Å². The Hall–Kier alpha value is -1.35. The predicted molar refractivity (Wildman–Crippen MR) is 71.2 cm³/mol. The third kappa shape index (κ3) is 3.57. The van der Waals surface area contributed by atoms with Crippen LogP contribution in [-0.2, 0) is 9.53 Å². The van der Waals surface area contributed by atoms with Crippen molar-refractivity contribution >= 4 is 5.97 Å². The highest BCUT2D eigenvalue weighted by Crippen LogP contribution is 2.29. The van der Waals surface area contributed by atoms with Crippen molar-refractivity contribution < 1.29 is 9.53 Å². The van der Waals surface area contributed by atoms with Gasteiger partial charge in [0.25, 0.3) is 0 Å². The molecule has 2 unspecified atom stereocenters. The number of carbonyl (C=O) groups is 1. The van der Waals surface area contributed by atoms with E-state index in [0.717, 1.165) is 19.4 Å². The topological polar surface area (TPSA) is 38.3 Å². The highest BCUT2D eigenvalue weighted by atomic mass is 16.5. The summed E-state index contributed by atoms with van der Waals surface area (Å²) in [5.74, 6) is 0.381. The van der Waals surface area contributed by atoms with Crippen LogP contribution in [0.3, 0.4) is 0 Å². The third-order valence-electron chi connectivity index (χ3n) is 3.47. The molecule has 18 heavy (non-hydrogen) atoms. The van der Waals surface area contributed by atoms with Gasteiger partial charge in [-0.2, -0.15) is 0 Å². The first-order valence-corrected chi connectivity index (χ1v) is 6.73. The summed E-state index contributed by atoms with van der Waals surface area (Å²) in [6.45, 7) is 3.31. The molecule has 0 amide bonds. The van der Waals surface area contributed by atoms with Crippen molar-refractivity contribution in [3.8, 4) is 0 Å². The van der Waals surface area contributed by atoms with Gasteiger partial charge in [-0.3, -0.25) is 4.79 Å². The molecule has 0 aliphatic carbocycles. The van der Waals surface area contributed by atoms with E-state index < -0.39 is 0 Å². The van der Waals surface area contributed by atoms with Gasteiger partial charge in [-0.05, 0) is 37.8 Å². The zero-order valence-electron chi connectivity index (χ0n) is 10.9. The molecule has 0 radical (unpaired) electrons. The molecule has 0 bridgehead atoms. The maximum Gasteiger partial charge on any atom is 0.306 e. The maximum absolute atomic E-state index is 11.5. The van der Waals surface area contributed by atoms with E-state index in [2.05, 4.69) is 29.6 Å². The first-order chi connectivity index (χ1) is 8.79. The van der Waals surface area contributed by atoms with Crippen molar-refractivity contribution in [3.63, 3.8) is 0 Å². The lowest BCUT2D eigenvalue weighted by Crippen LogP contribution is -2.32. The quantitative estimate of drug-likeness (QED) is 0.831. The zero-order valence-corrected chi connectivity index (χ0v) is 10.9. The number of rotatable bonds is 4. The van der Waals surface area contributed by atoms with E-state index in [1.165, 1.54) is 5.56 Å². The van der Waals surface area contributed by atoms with Gasteiger partial charge < -0.3 is 10.1 Å². The smallest absolute Gasteiger partial charge is 0.306 e. The second kappa shape index (κ2) is 6.55. The summed E-state index contributed by atoms with van der Waals surface area (Å²) in [5.41, 5.74) is 1.31. The molecule has 2 atom stereocenters. The van der Waals surface area contributed by atoms with Crippen molar-refractivity contribution in [3.05, 3.63) is 35.9 Å². The van der Waals surface area contributed by atoms with E-state index in [4.69, 9.17) is 4.74 Å². The lowest BCUT2D eigenvalue weighted by atomic mass is 9.87. The second-order valence-electron chi connectivity index (χ2n) is 4.82. The van der Waals surface area contributed by atoms with Crippen LogP contribution >= 0.6 is 0 Å². The molecule has 1 heterocycles. The number of nitrogens with one attached hydrogen (secondary N) is 1. The lowest BCUT2D eigenvalue weighted by Gasteiger charge is -2.30. The largest absolute Gasteiger partial charge is 0.466 e. The summed E-state index contributed by atoms with van der Waals surface area (Å²) in [7, 11) is 0. The fraction of sp³-hybridized carbons (Fsp3) is 0.533. The summed E-state index contributed by atoms with van der Waals surface area (Å²) < 4.78 is 5.03. The lowest BCUT2D eigenvalue weighted by molar-refractivity contribution is -0.144. The molecule has 1 aromatic carbocycles.